The molecule has 7 nitrogen and oxygen atoms in total. The van der Waals surface area contributed by atoms with Gasteiger partial charge in [0, 0.05) is 22.6 Å². The number of thiophene rings is 1. The molecular formula is C21H18FN3O4S2. The third kappa shape index (κ3) is 5.04. The van der Waals surface area contributed by atoms with Crippen molar-refractivity contribution >= 4 is 51.0 Å². The van der Waals surface area contributed by atoms with Crippen molar-refractivity contribution in [2.75, 3.05) is 17.2 Å². The summed E-state index contributed by atoms with van der Waals surface area (Å²) in [5.74, 6) is -1.22. The number of aryl methyl sites for hydroxylation is 1. The predicted octanol–water partition coefficient (Wildman–Crippen LogP) is 5.76. The van der Waals surface area contributed by atoms with E-state index < -0.39 is 16.7 Å². The Morgan fingerprint density at radius 2 is 1.94 bits per heavy atom. The molecule has 0 unspecified atom stereocenters. The summed E-state index contributed by atoms with van der Waals surface area (Å²) in [7, 11) is 0. The van der Waals surface area contributed by atoms with Crippen LogP contribution in [-0.2, 0) is 4.74 Å². The summed E-state index contributed by atoms with van der Waals surface area (Å²) in [5.41, 5.74) is 1.45. The van der Waals surface area contributed by atoms with E-state index in [1.165, 1.54) is 11.3 Å². The number of halogens is 1. The van der Waals surface area contributed by atoms with E-state index in [0.717, 1.165) is 34.2 Å². The van der Waals surface area contributed by atoms with Gasteiger partial charge in [0.15, 0.2) is 5.11 Å². The van der Waals surface area contributed by atoms with Crippen molar-refractivity contribution in [3.63, 3.8) is 0 Å². The number of anilines is 2. The molecule has 2 aromatic carbocycles. The molecule has 0 spiro atoms. The first-order chi connectivity index (χ1) is 14.8. The Bertz CT molecular complexity index is 1150. The monoisotopic (exact) mass is 459 g/mol. The van der Waals surface area contributed by atoms with E-state index in [2.05, 4.69) is 10.6 Å². The van der Waals surface area contributed by atoms with Gasteiger partial charge in [0.2, 0.25) is 0 Å². The van der Waals surface area contributed by atoms with Gasteiger partial charge in [-0.3, -0.25) is 10.1 Å². The van der Waals surface area contributed by atoms with E-state index in [0.29, 0.717) is 10.6 Å². The number of esters is 1. The maximum atomic E-state index is 14.1. The summed E-state index contributed by atoms with van der Waals surface area (Å²) >= 11 is 6.56. The van der Waals surface area contributed by atoms with Crippen LogP contribution in [0.1, 0.15) is 22.2 Å². The lowest BCUT2D eigenvalue weighted by molar-refractivity contribution is -0.384. The number of carbonyl (C=O) groups is 1. The summed E-state index contributed by atoms with van der Waals surface area (Å²) in [6.45, 7) is 3.78. The molecule has 31 heavy (non-hydrogen) atoms. The van der Waals surface area contributed by atoms with Gasteiger partial charge >= 0.3 is 5.97 Å². The van der Waals surface area contributed by atoms with Gasteiger partial charge in [0.05, 0.1) is 17.2 Å². The molecule has 0 aliphatic rings. The van der Waals surface area contributed by atoms with E-state index in [9.17, 15) is 19.3 Å². The number of nitro benzene ring substituents is 1. The van der Waals surface area contributed by atoms with Crippen LogP contribution in [0.3, 0.4) is 0 Å². The number of nitrogens with zero attached hydrogens (tertiary/aromatic N) is 1. The minimum Gasteiger partial charge on any atom is -0.462 e. The molecule has 1 heterocycles. The first-order valence-corrected chi connectivity index (χ1v) is 10.4. The van der Waals surface area contributed by atoms with Crippen molar-refractivity contribution in [2.45, 2.75) is 13.8 Å². The highest BCUT2D eigenvalue weighted by molar-refractivity contribution is 7.80. The number of benzene rings is 2. The Kier molecular flexibility index (Phi) is 6.93. The number of nitro groups is 1. The smallest absolute Gasteiger partial charge is 0.341 e. The highest BCUT2D eigenvalue weighted by Gasteiger charge is 2.25. The number of ether oxygens (including phenoxy) is 1. The van der Waals surface area contributed by atoms with Gasteiger partial charge < -0.3 is 15.4 Å². The molecule has 2 N–H and O–H groups in total. The van der Waals surface area contributed by atoms with Crippen molar-refractivity contribution in [1.29, 1.82) is 0 Å². The second-order valence-electron chi connectivity index (χ2n) is 6.32. The molecule has 0 radical (unpaired) electrons. The zero-order chi connectivity index (χ0) is 22.5. The quantitative estimate of drug-likeness (QED) is 0.210. The molecule has 10 heteroatoms. The highest BCUT2D eigenvalue weighted by atomic mass is 32.1. The van der Waals surface area contributed by atoms with Crippen LogP contribution in [0.5, 0.6) is 0 Å². The topological polar surface area (TPSA) is 93.5 Å². The van der Waals surface area contributed by atoms with Crippen molar-refractivity contribution in [3.05, 3.63) is 74.9 Å². The van der Waals surface area contributed by atoms with Gasteiger partial charge in [0.1, 0.15) is 16.4 Å². The molecule has 3 aromatic rings. The number of rotatable bonds is 6. The van der Waals surface area contributed by atoms with E-state index in [-0.39, 0.29) is 23.1 Å². The fourth-order valence-electron chi connectivity index (χ4n) is 2.96. The number of hydrogen-bond donors (Lipinski definition) is 2. The maximum absolute atomic E-state index is 14.1. The number of non-ortho nitro benzene ring substituents is 1. The normalized spacial score (nSPS) is 10.4. The van der Waals surface area contributed by atoms with Gasteiger partial charge in [-0.15, -0.1) is 11.3 Å². The minimum absolute atomic E-state index is 0.0224. The Morgan fingerprint density at radius 1 is 1.23 bits per heavy atom. The van der Waals surface area contributed by atoms with Gasteiger partial charge in [-0.2, -0.15) is 0 Å². The lowest BCUT2D eigenvalue weighted by Crippen LogP contribution is -2.21. The van der Waals surface area contributed by atoms with Crippen molar-refractivity contribution in [1.82, 2.24) is 0 Å². The van der Waals surface area contributed by atoms with Crippen LogP contribution in [0, 0.1) is 22.9 Å². The van der Waals surface area contributed by atoms with E-state index in [1.807, 2.05) is 37.3 Å². The summed E-state index contributed by atoms with van der Waals surface area (Å²) in [5, 5.41) is 16.9. The summed E-state index contributed by atoms with van der Waals surface area (Å²) < 4.78 is 19.3. The van der Waals surface area contributed by atoms with E-state index in [1.54, 1.807) is 6.92 Å². The molecule has 3 rings (SSSR count). The maximum Gasteiger partial charge on any atom is 0.341 e. The van der Waals surface area contributed by atoms with Gasteiger partial charge in [-0.25, -0.2) is 9.18 Å². The van der Waals surface area contributed by atoms with E-state index in [4.69, 9.17) is 17.0 Å². The standard InChI is InChI=1S/C21H18FN3O4S2/c1-3-29-20(26)18-17(13-7-5-4-6-8-13)12(2)31-19(18)24-21(30)23-16-11-14(25(27)28)9-10-15(16)22/h4-11H,3H2,1-2H3,(H2,23,24,30). The van der Waals surface area contributed by atoms with Crippen molar-refractivity contribution in [2.24, 2.45) is 0 Å². The zero-order valence-corrected chi connectivity index (χ0v) is 18.2. The van der Waals surface area contributed by atoms with Crippen LogP contribution in [-0.4, -0.2) is 22.6 Å². The first-order valence-electron chi connectivity index (χ1n) is 9.19. The predicted molar refractivity (Wildman–Crippen MR) is 123 cm³/mol. The third-order valence-electron chi connectivity index (χ3n) is 4.26. The number of thiocarbonyl (C=S) groups is 1. The average Bonchev–Trinajstić information content (AvgIpc) is 3.05. The molecule has 0 amide bonds. The zero-order valence-electron chi connectivity index (χ0n) is 16.6. The number of nitrogens with one attached hydrogen (secondary N) is 2. The second kappa shape index (κ2) is 9.63. The van der Waals surface area contributed by atoms with Crippen LogP contribution < -0.4 is 10.6 Å². The summed E-state index contributed by atoms with van der Waals surface area (Å²) in [6.07, 6.45) is 0. The van der Waals surface area contributed by atoms with Crippen molar-refractivity contribution < 1.29 is 18.8 Å². The molecule has 1 aromatic heterocycles. The third-order valence-corrected chi connectivity index (χ3v) is 5.49. The first kappa shape index (κ1) is 22.3. The van der Waals surface area contributed by atoms with Crippen LogP contribution >= 0.6 is 23.6 Å². The molecule has 160 valence electrons. The SMILES string of the molecule is CCOC(=O)c1c(NC(=S)Nc2cc([N+](=O)[O-])ccc2F)sc(C)c1-c1ccccc1. The largest absolute Gasteiger partial charge is 0.462 e. The molecule has 0 fully saturated rings. The lowest BCUT2D eigenvalue weighted by atomic mass is 10.0. The molecule has 0 atom stereocenters. The molecule has 0 aliphatic carbocycles. The molecule has 0 bridgehead atoms. The Hall–Kier alpha value is -3.37. The van der Waals surface area contributed by atoms with E-state index >= 15 is 0 Å². The van der Waals surface area contributed by atoms with Gasteiger partial charge in [-0.05, 0) is 37.7 Å². The fourth-order valence-corrected chi connectivity index (χ4v) is 4.31. The number of hydrogen-bond acceptors (Lipinski definition) is 6. The highest BCUT2D eigenvalue weighted by Crippen LogP contribution is 2.40. The summed E-state index contributed by atoms with van der Waals surface area (Å²) in [6, 6.07) is 12.5. The average molecular weight is 460 g/mol. The van der Waals surface area contributed by atoms with Gasteiger partial charge in [0.25, 0.3) is 5.69 Å². The van der Waals surface area contributed by atoms with Gasteiger partial charge in [-0.1, -0.05) is 30.3 Å². The van der Waals surface area contributed by atoms with Crippen LogP contribution in [0.4, 0.5) is 20.8 Å². The molecular weight excluding hydrogens is 441 g/mol. The van der Waals surface area contributed by atoms with Crippen LogP contribution in [0.2, 0.25) is 0 Å². The minimum atomic E-state index is -0.701. The Balaban J connectivity index is 1.94. The van der Waals surface area contributed by atoms with Crippen molar-refractivity contribution in [3.8, 4) is 11.1 Å². The fraction of sp³-hybridized carbons (Fsp3) is 0.143. The summed E-state index contributed by atoms with van der Waals surface area (Å²) in [4.78, 5) is 23.9. The molecule has 0 aliphatic heterocycles. The van der Waals surface area contributed by atoms with Crippen LogP contribution in [0.15, 0.2) is 48.5 Å². The second-order valence-corrected chi connectivity index (χ2v) is 7.96. The lowest BCUT2D eigenvalue weighted by Gasteiger charge is -2.12. The Labute approximate surface area is 187 Å². The van der Waals surface area contributed by atoms with Crippen LogP contribution in [0.25, 0.3) is 11.1 Å². The number of carbonyl (C=O) groups excluding carboxylic acids is 1. The Morgan fingerprint density at radius 3 is 2.58 bits per heavy atom. The molecule has 0 saturated carbocycles. The molecule has 0 saturated heterocycles.